The minimum atomic E-state index is 0. The molecule has 0 saturated heterocycles. The van der Waals surface area contributed by atoms with Gasteiger partial charge in [-0.1, -0.05) is 11.1 Å². The van der Waals surface area contributed by atoms with Crippen molar-refractivity contribution in [2.75, 3.05) is 13.1 Å². The number of fused-ring (bicyclic) bond motifs is 2. The molecule has 1 saturated carbocycles. The van der Waals surface area contributed by atoms with Gasteiger partial charge in [0, 0.05) is 13.1 Å². The Labute approximate surface area is 91.9 Å². The van der Waals surface area contributed by atoms with E-state index in [0.29, 0.717) is 0 Å². The Kier molecular flexibility index (Phi) is 5.30. The van der Waals surface area contributed by atoms with E-state index in [1.807, 2.05) is 0 Å². The second-order valence-electron chi connectivity index (χ2n) is 3.67. The van der Waals surface area contributed by atoms with E-state index in [-0.39, 0.29) is 24.8 Å². The third-order valence-electron chi connectivity index (χ3n) is 3.27. The maximum atomic E-state index is 5.67. The normalized spacial score (nSPS) is 30.0. The molecule has 2 aliphatic rings. The highest BCUT2D eigenvalue weighted by molar-refractivity contribution is 5.85. The van der Waals surface area contributed by atoms with Gasteiger partial charge in [0.15, 0.2) is 0 Å². The molecular formula is C9H18Cl2N2. The highest BCUT2D eigenvalue weighted by Gasteiger charge is 2.37. The van der Waals surface area contributed by atoms with E-state index < -0.39 is 0 Å². The van der Waals surface area contributed by atoms with E-state index >= 15 is 0 Å². The topological polar surface area (TPSA) is 52.0 Å². The molecule has 4 N–H and O–H groups in total. The van der Waals surface area contributed by atoms with Gasteiger partial charge in [0.25, 0.3) is 0 Å². The van der Waals surface area contributed by atoms with Gasteiger partial charge in [0.2, 0.25) is 0 Å². The lowest BCUT2D eigenvalue weighted by Gasteiger charge is -2.17. The first-order valence-electron chi connectivity index (χ1n) is 4.48. The van der Waals surface area contributed by atoms with Crippen molar-refractivity contribution in [2.24, 2.45) is 23.3 Å². The summed E-state index contributed by atoms with van der Waals surface area (Å²) in [4.78, 5) is 0. The highest BCUT2D eigenvalue weighted by Crippen LogP contribution is 2.47. The third kappa shape index (κ3) is 2.01. The van der Waals surface area contributed by atoms with Crippen LogP contribution in [0, 0.1) is 11.8 Å². The molecule has 2 unspecified atom stereocenters. The number of halogens is 2. The molecule has 0 aromatic carbocycles. The summed E-state index contributed by atoms with van der Waals surface area (Å²) >= 11 is 0. The van der Waals surface area contributed by atoms with Crippen LogP contribution in [0.1, 0.15) is 19.3 Å². The lowest BCUT2D eigenvalue weighted by molar-refractivity contribution is 0.630. The number of nitrogens with two attached hydrogens (primary N) is 2. The maximum absolute atomic E-state index is 5.67. The average molecular weight is 225 g/mol. The highest BCUT2D eigenvalue weighted by atomic mass is 35.5. The van der Waals surface area contributed by atoms with Gasteiger partial charge in [-0.2, -0.15) is 0 Å². The lowest BCUT2D eigenvalue weighted by Crippen LogP contribution is -2.17. The zero-order chi connectivity index (χ0) is 7.84. The molecule has 2 rings (SSSR count). The zero-order valence-corrected chi connectivity index (χ0v) is 9.29. The molecule has 4 heteroatoms. The van der Waals surface area contributed by atoms with E-state index in [1.165, 1.54) is 30.4 Å². The maximum Gasteiger partial charge on any atom is 0.0142 e. The molecule has 2 aliphatic carbocycles. The van der Waals surface area contributed by atoms with Crippen LogP contribution in [0.5, 0.6) is 0 Å². The van der Waals surface area contributed by atoms with Gasteiger partial charge in [0.1, 0.15) is 0 Å². The summed E-state index contributed by atoms with van der Waals surface area (Å²) in [6.07, 6.45) is 4.07. The number of hydrogen-bond acceptors (Lipinski definition) is 2. The molecular weight excluding hydrogens is 207 g/mol. The first kappa shape index (κ1) is 13.2. The standard InChI is InChI=1S/C9H16N2.2ClH/c10-4-8-6-1-2-7(3-6)9(8)5-11;;/h6-7H,1-5,10-11H2;2*1H. The van der Waals surface area contributed by atoms with Crippen LogP contribution < -0.4 is 11.5 Å². The van der Waals surface area contributed by atoms with Crippen molar-refractivity contribution in [1.82, 2.24) is 0 Å². The van der Waals surface area contributed by atoms with Gasteiger partial charge in [-0.3, -0.25) is 0 Å². The van der Waals surface area contributed by atoms with Gasteiger partial charge in [-0.25, -0.2) is 0 Å². The van der Waals surface area contributed by atoms with Crippen LogP contribution in [-0.2, 0) is 0 Å². The SMILES string of the molecule is Cl.Cl.NCC1=C(CN)C2CCC1C2. The summed E-state index contributed by atoms with van der Waals surface area (Å²) in [5, 5.41) is 0. The Bertz CT molecular complexity index is 184. The molecule has 0 aromatic heterocycles. The fourth-order valence-electron chi connectivity index (χ4n) is 2.73. The van der Waals surface area contributed by atoms with Crippen LogP contribution in [0.2, 0.25) is 0 Å². The quantitative estimate of drug-likeness (QED) is 0.699. The van der Waals surface area contributed by atoms with Crippen molar-refractivity contribution in [2.45, 2.75) is 19.3 Å². The van der Waals surface area contributed by atoms with Gasteiger partial charge in [-0.15, -0.1) is 24.8 Å². The molecule has 0 radical (unpaired) electrons. The molecule has 0 spiro atoms. The second-order valence-corrected chi connectivity index (χ2v) is 3.67. The summed E-state index contributed by atoms with van der Waals surface area (Å²) in [6, 6.07) is 0. The molecule has 13 heavy (non-hydrogen) atoms. The summed E-state index contributed by atoms with van der Waals surface area (Å²) < 4.78 is 0. The summed E-state index contributed by atoms with van der Waals surface area (Å²) in [7, 11) is 0. The van der Waals surface area contributed by atoms with Crippen molar-refractivity contribution >= 4 is 24.8 Å². The largest absolute Gasteiger partial charge is 0.327 e. The summed E-state index contributed by atoms with van der Waals surface area (Å²) in [5.74, 6) is 1.62. The van der Waals surface area contributed by atoms with Crippen LogP contribution in [0.3, 0.4) is 0 Å². The molecule has 1 fully saturated rings. The summed E-state index contributed by atoms with van der Waals surface area (Å²) in [5.41, 5.74) is 14.3. The molecule has 0 aliphatic heterocycles. The zero-order valence-electron chi connectivity index (χ0n) is 7.66. The predicted octanol–water partition coefficient (Wildman–Crippen LogP) is 1.47. The molecule has 2 nitrogen and oxygen atoms in total. The molecule has 2 atom stereocenters. The Morgan fingerprint density at radius 1 is 0.923 bits per heavy atom. The molecule has 0 amide bonds. The lowest BCUT2D eigenvalue weighted by atomic mass is 9.92. The van der Waals surface area contributed by atoms with Gasteiger partial charge in [-0.05, 0) is 31.1 Å². The third-order valence-corrected chi connectivity index (χ3v) is 3.27. The van der Waals surface area contributed by atoms with Gasteiger partial charge < -0.3 is 11.5 Å². The van der Waals surface area contributed by atoms with E-state index in [9.17, 15) is 0 Å². The second kappa shape index (κ2) is 5.20. The van der Waals surface area contributed by atoms with E-state index in [1.54, 1.807) is 0 Å². The van der Waals surface area contributed by atoms with Crippen LogP contribution in [0.4, 0.5) is 0 Å². The van der Waals surface area contributed by atoms with Crippen LogP contribution in [-0.4, -0.2) is 13.1 Å². The summed E-state index contributed by atoms with van der Waals surface area (Å²) in [6.45, 7) is 1.49. The average Bonchev–Trinajstić information content (AvgIpc) is 2.60. The molecule has 78 valence electrons. The van der Waals surface area contributed by atoms with E-state index in [4.69, 9.17) is 11.5 Å². The van der Waals surface area contributed by atoms with Crippen LogP contribution >= 0.6 is 24.8 Å². The van der Waals surface area contributed by atoms with E-state index in [0.717, 1.165) is 24.9 Å². The van der Waals surface area contributed by atoms with Gasteiger partial charge in [0.05, 0.1) is 0 Å². The molecule has 2 bridgehead atoms. The Hall–Kier alpha value is 0.240. The van der Waals surface area contributed by atoms with Crippen molar-refractivity contribution in [3.05, 3.63) is 11.1 Å². The first-order chi connectivity index (χ1) is 5.36. The Morgan fingerprint density at radius 3 is 1.62 bits per heavy atom. The minimum Gasteiger partial charge on any atom is -0.327 e. The molecule has 0 heterocycles. The van der Waals surface area contributed by atoms with Crippen molar-refractivity contribution in [1.29, 1.82) is 0 Å². The smallest absolute Gasteiger partial charge is 0.0142 e. The fraction of sp³-hybridized carbons (Fsp3) is 0.778. The van der Waals surface area contributed by atoms with E-state index in [2.05, 4.69) is 0 Å². The van der Waals surface area contributed by atoms with Crippen molar-refractivity contribution in [3.63, 3.8) is 0 Å². The Morgan fingerprint density at radius 2 is 1.31 bits per heavy atom. The first-order valence-corrected chi connectivity index (χ1v) is 4.48. The minimum absolute atomic E-state index is 0. The van der Waals surface area contributed by atoms with Crippen LogP contribution in [0.25, 0.3) is 0 Å². The monoisotopic (exact) mass is 224 g/mol. The fourth-order valence-corrected chi connectivity index (χ4v) is 2.73. The van der Waals surface area contributed by atoms with Crippen LogP contribution in [0.15, 0.2) is 11.1 Å². The Balaban J connectivity index is 0.000000720. The molecule has 0 aromatic rings. The van der Waals surface area contributed by atoms with Gasteiger partial charge >= 0.3 is 0 Å². The van der Waals surface area contributed by atoms with Crippen molar-refractivity contribution < 1.29 is 0 Å². The number of rotatable bonds is 2. The van der Waals surface area contributed by atoms with Crippen molar-refractivity contribution in [3.8, 4) is 0 Å². The number of hydrogen-bond donors (Lipinski definition) is 2. The predicted molar refractivity (Wildman–Crippen MR) is 60.5 cm³/mol.